The van der Waals surface area contributed by atoms with Crippen molar-refractivity contribution in [2.75, 3.05) is 13.1 Å². The minimum atomic E-state index is -0.828. The Hall–Kier alpha value is -2.30. The number of fused-ring (bicyclic) bond motifs is 1. The number of hydrogen-bond acceptors (Lipinski definition) is 2. The molecule has 1 saturated heterocycles. The van der Waals surface area contributed by atoms with Crippen LogP contribution in [0, 0.1) is 11.8 Å². The number of aromatic amines is 1. The summed E-state index contributed by atoms with van der Waals surface area (Å²) in [5.74, 6) is -1.42. The molecule has 0 spiro atoms. The van der Waals surface area contributed by atoms with Crippen LogP contribution >= 0.6 is 0 Å². The molecule has 0 radical (unpaired) electrons. The number of aromatic nitrogens is 1. The number of carbonyl (C=O) groups excluding carboxylic acids is 1. The van der Waals surface area contributed by atoms with Crippen LogP contribution in [0.25, 0.3) is 10.9 Å². The van der Waals surface area contributed by atoms with E-state index in [2.05, 4.69) is 4.98 Å². The minimum Gasteiger partial charge on any atom is -0.481 e. The third-order valence-corrected chi connectivity index (χ3v) is 4.03. The first kappa shape index (κ1) is 12.7. The van der Waals surface area contributed by atoms with E-state index in [1.54, 1.807) is 17.2 Å². The van der Waals surface area contributed by atoms with E-state index >= 15 is 0 Å². The molecule has 1 fully saturated rings. The molecule has 0 aliphatic carbocycles. The Morgan fingerprint density at radius 1 is 1.30 bits per heavy atom. The molecule has 0 saturated carbocycles. The minimum absolute atomic E-state index is 0.0145. The van der Waals surface area contributed by atoms with E-state index in [1.807, 2.05) is 25.1 Å². The highest BCUT2D eigenvalue weighted by atomic mass is 16.4. The lowest BCUT2D eigenvalue weighted by Crippen LogP contribution is -2.30. The van der Waals surface area contributed by atoms with Gasteiger partial charge in [0.05, 0.1) is 17.0 Å². The van der Waals surface area contributed by atoms with Crippen LogP contribution in [0.15, 0.2) is 30.5 Å². The molecule has 0 bridgehead atoms. The van der Waals surface area contributed by atoms with Crippen LogP contribution in [0.3, 0.4) is 0 Å². The number of nitrogens with zero attached hydrogens (tertiary/aromatic N) is 1. The topological polar surface area (TPSA) is 73.4 Å². The van der Waals surface area contributed by atoms with Crippen molar-refractivity contribution >= 4 is 22.8 Å². The standard InChI is InChI=1S/C15H16N2O3/c1-9-7-17(8-12(9)15(19)20)14(18)11-4-2-3-10-5-6-16-13(10)11/h2-6,9,12,16H,7-8H2,1H3,(H,19,20). The second-order valence-electron chi connectivity index (χ2n) is 5.38. The number of nitrogens with one attached hydrogen (secondary N) is 1. The van der Waals surface area contributed by atoms with Crippen LogP contribution < -0.4 is 0 Å². The lowest BCUT2D eigenvalue weighted by molar-refractivity contribution is -0.142. The maximum absolute atomic E-state index is 12.6. The molecule has 1 aromatic heterocycles. The predicted octanol–water partition coefficient (Wildman–Crippen LogP) is 1.96. The molecule has 2 unspecified atom stereocenters. The second-order valence-corrected chi connectivity index (χ2v) is 5.38. The van der Waals surface area contributed by atoms with E-state index in [0.29, 0.717) is 12.1 Å². The van der Waals surface area contributed by atoms with Crippen LogP contribution in [0.5, 0.6) is 0 Å². The Bertz CT molecular complexity index is 677. The Kier molecular flexibility index (Phi) is 2.97. The van der Waals surface area contributed by atoms with Gasteiger partial charge in [-0.1, -0.05) is 19.1 Å². The van der Waals surface area contributed by atoms with E-state index < -0.39 is 11.9 Å². The fraction of sp³-hybridized carbons (Fsp3) is 0.333. The number of para-hydroxylation sites is 1. The first-order valence-corrected chi connectivity index (χ1v) is 6.66. The van der Waals surface area contributed by atoms with Crippen LogP contribution in [0.4, 0.5) is 0 Å². The molecule has 2 aromatic rings. The lowest BCUT2D eigenvalue weighted by atomic mass is 9.99. The van der Waals surface area contributed by atoms with Gasteiger partial charge in [-0.25, -0.2) is 0 Å². The van der Waals surface area contributed by atoms with E-state index in [4.69, 9.17) is 5.11 Å². The van der Waals surface area contributed by atoms with Crippen molar-refractivity contribution in [3.05, 3.63) is 36.0 Å². The average Bonchev–Trinajstić information content (AvgIpc) is 3.03. The Labute approximate surface area is 116 Å². The average molecular weight is 272 g/mol. The number of hydrogen-bond donors (Lipinski definition) is 2. The number of aliphatic carboxylic acids is 1. The van der Waals surface area contributed by atoms with E-state index in [-0.39, 0.29) is 18.4 Å². The highest BCUT2D eigenvalue weighted by Gasteiger charge is 2.37. The van der Waals surface area contributed by atoms with Gasteiger partial charge in [-0.3, -0.25) is 9.59 Å². The molecule has 5 nitrogen and oxygen atoms in total. The zero-order valence-corrected chi connectivity index (χ0v) is 11.2. The summed E-state index contributed by atoms with van der Waals surface area (Å²) in [6, 6.07) is 7.48. The van der Waals surface area contributed by atoms with Gasteiger partial charge in [0, 0.05) is 24.7 Å². The number of carbonyl (C=O) groups is 2. The third-order valence-electron chi connectivity index (χ3n) is 4.03. The smallest absolute Gasteiger partial charge is 0.308 e. The summed E-state index contributed by atoms with van der Waals surface area (Å²) in [4.78, 5) is 28.4. The number of amides is 1. The van der Waals surface area contributed by atoms with E-state index in [9.17, 15) is 9.59 Å². The Morgan fingerprint density at radius 2 is 2.10 bits per heavy atom. The van der Waals surface area contributed by atoms with Crippen LogP contribution in [-0.4, -0.2) is 40.0 Å². The Balaban J connectivity index is 1.90. The van der Waals surface area contributed by atoms with Crippen molar-refractivity contribution in [1.29, 1.82) is 0 Å². The summed E-state index contributed by atoms with van der Waals surface area (Å²) in [7, 11) is 0. The van der Waals surface area contributed by atoms with Gasteiger partial charge in [-0.2, -0.15) is 0 Å². The molecule has 1 aliphatic rings. The monoisotopic (exact) mass is 272 g/mol. The number of carboxylic acid groups (broad SMARTS) is 1. The van der Waals surface area contributed by atoms with Gasteiger partial charge >= 0.3 is 5.97 Å². The van der Waals surface area contributed by atoms with Gasteiger partial charge < -0.3 is 15.0 Å². The van der Waals surface area contributed by atoms with Crippen molar-refractivity contribution < 1.29 is 14.7 Å². The van der Waals surface area contributed by atoms with Crippen molar-refractivity contribution in [2.45, 2.75) is 6.92 Å². The number of rotatable bonds is 2. The highest BCUT2D eigenvalue weighted by molar-refractivity contribution is 6.05. The third kappa shape index (κ3) is 1.95. The normalized spacial score (nSPS) is 22.4. The molecule has 2 heterocycles. The zero-order valence-electron chi connectivity index (χ0n) is 11.2. The molecule has 1 amide bonds. The summed E-state index contributed by atoms with van der Waals surface area (Å²) in [6.07, 6.45) is 1.80. The molecule has 2 N–H and O–H groups in total. The Morgan fingerprint density at radius 3 is 2.80 bits per heavy atom. The van der Waals surface area contributed by atoms with Crippen LogP contribution in [0.1, 0.15) is 17.3 Å². The quantitative estimate of drug-likeness (QED) is 0.877. The molecule has 2 atom stereocenters. The maximum Gasteiger partial charge on any atom is 0.308 e. The van der Waals surface area contributed by atoms with Crippen molar-refractivity contribution in [3.63, 3.8) is 0 Å². The predicted molar refractivity (Wildman–Crippen MR) is 74.5 cm³/mol. The summed E-state index contributed by atoms with van der Waals surface area (Å²) in [6.45, 7) is 2.65. The van der Waals surface area contributed by atoms with Gasteiger partial charge in [0.15, 0.2) is 0 Å². The lowest BCUT2D eigenvalue weighted by Gasteiger charge is -2.16. The first-order valence-electron chi connectivity index (χ1n) is 6.66. The largest absolute Gasteiger partial charge is 0.481 e. The molecule has 5 heteroatoms. The summed E-state index contributed by atoms with van der Waals surface area (Å²) in [5.41, 5.74) is 1.41. The summed E-state index contributed by atoms with van der Waals surface area (Å²) in [5, 5.41) is 10.1. The molecular weight excluding hydrogens is 256 g/mol. The van der Waals surface area contributed by atoms with Gasteiger partial charge in [-0.05, 0) is 18.1 Å². The van der Waals surface area contributed by atoms with Crippen LogP contribution in [0.2, 0.25) is 0 Å². The van der Waals surface area contributed by atoms with Crippen LogP contribution in [-0.2, 0) is 4.79 Å². The summed E-state index contributed by atoms with van der Waals surface area (Å²) >= 11 is 0. The van der Waals surface area contributed by atoms with Gasteiger partial charge in [0.25, 0.3) is 5.91 Å². The molecule has 104 valence electrons. The number of carboxylic acids is 1. The fourth-order valence-corrected chi connectivity index (χ4v) is 2.89. The summed E-state index contributed by atoms with van der Waals surface area (Å²) < 4.78 is 0. The van der Waals surface area contributed by atoms with Crippen molar-refractivity contribution in [2.24, 2.45) is 11.8 Å². The van der Waals surface area contributed by atoms with E-state index in [1.165, 1.54) is 0 Å². The fourth-order valence-electron chi connectivity index (χ4n) is 2.89. The number of benzene rings is 1. The molecule has 3 rings (SSSR count). The SMILES string of the molecule is CC1CN(C(=O)c2cccc3cc[nH]c23)CC1C(=O)O. The second kappa shape index (κ2) is 4.67. The molecular formula is C15H16N2O3. The van der Waals surface area contributed by atoms with Crippen molar-refractivity contribution in [3.8, 4) is 0 Å². The number of likely N-dealkylation sites (tertiary alicyclic amines) is 1. The van der Waals surface area contributed by atoms with Gasteiger partial charge in [0.2, 0.25) is 0 Å². The molecule has 1 aromatic carbocycles. The van der Waals surface area contributed by atoms with Crippen molar-refractivity contribution in [1.82, 2.24) is 9.88 Å². The molecule has 20 heavy (non-hydrogen) atoms. The van der Waals surface area contributed by atoms with Gasteiger partial charge in [-0.15, -0.1) is 0 Å². The zero-order chi connectivity index (χ0) is 14.3. The molecule has 1 aliphatic heterocycles. The van der Waals surface area contributed by atoms with Gasteiger partial charge in [0.1, 0.15) is 0 Å². The highest BCUT2D eigenvalue weighted by Crippen LogP contribution is 2.26. The first-order chi connectivity index (χ1) is 9.58. The number of H-pyrrole nitrogens is 1. The maximum atomic E-state index is 12.6. The van der Waals surface area contributed by atoms with E-state index in [0.717, 1.165) is 10.9 Å².